The van der Waals surface area contributed by atoms with Crippen LogP contribution in [0.4, 0.5) is 17.2 Å². The van der Waals surface area contributed by atoms with Crippen molar-refractivity contribution < 1.29 is 14.3 Å². The van der Waals surface area contributed by atoms with E-state index in [1.165, 1.54) is 6.33 Å². The normalized spacial score (nSPS) is 10.6. The Labute approximate surface area is 185 Å². The Kier molecular flexibility index (Phi) is 6.41. The molecule has 2 aromatic heterocycles. The Hall–Kier alpha value is -4.20. The number of hydrogen-bond acceptors (Lipinski definition) is 7. The molecule has 4 rings (SSSR count). The van der Waals surface area contributed by atoms with Gasteiger partial charge in [0.1, 0.15) is 30.3 Å². The number of pyridine rings is 1. The summed E-state index contributed by atoms with van der Waals surface area (Å²) >= 11 is 0. The van der Waals surface area contributed by atoms with E-state index in [1.807, 2.05) is 42.5 Å². The van der Waals surface area contributed by atoms with Crippen LogP contribution in [0.5, 0.6) is 11.5 Å². The lowest BCUT2D eigenvalue weighted by molar-refractivity contribution is -0.115. The van der Waals surface area contributed by atoms with Crippen LogP contribution >= 0.6 is 0 Å². The summed E-state index contributed by atoms with van der Waals surface area (Å²) in [4.78, 5) is 24.6. The highest BCUT2D eigenvalue weighted by Crippen LogP contribution is 2.33. The molecule has 0 unspecified atom stereocenters. The van der Waals surface area contributed by atoms with Crippen LogP contribution in [0.1, 0.15) is 18.9 Å². The zero-order valence-electron chi connectivity index (χ0n) is 17.8. The summed E-state index contributed by atoms with van der Waals surface area (Å²) in [7, 11) is 1.56. The first-order valence-electron chi connectivity index (χ1n) is 10.2. The zero-order valence-corrected chi connectivity index (χ0v) is 17.8. The van der Waals surface area contributed by atoms with Gasteiger partial charge < -0.3 is 20.1 Å². The number of nitrogens with one attached hydrogen (secondary N) is 2. The van der Waals surface area contributed by atoms with Crippen molar-refractivity contribution in [3.05, 3.63) is 72.8 Å². The average Bonchev–Trinajstić information content (AvgIpc) is 2.84. The lowest BCUT2D eigenvalue weighted by Gasteiger charge is -2.14. The number of benzene rings is 2. The molecule has 2 N–H and O–H groups in total. The molecular weight excluding hydrogens is 406 g/mol. The number of hydrogen-bond donors (Lipinski definition) is 2. The third kappa shape index (κ3) is 4.92. The van der Waals surface area contributed by atoms with Gasteiger partial charge >= 0.3 is 0 Å². The van der Waals surface area contributed by atoms with Crippen LogP contribution in [0.2, 0.25) is 0 Å². The van der Waals surface area contributed by atoms with Gasteiger partial charge in [-0.15, -0.1) is 0 Å². The predicted octanol–water partition coefficient (Wildman–Crippen LogP) is 4.70. The Balaban J connectivity index is 1.54. The smallest absolute Gasteiger partial charge is 0.224 e. The zero-order chi connectivity index (χ0) is 22.3. The van der Waals surface area contributed by atoms with E-state index in [1.54, 1.807) is 32.5 Å². The second-order valence-corrected chi connectivity index (χ2v) is 6.99. The Bertz CT molecular complexity index is 1210. The van der Waals surface area contributed by atoms with E-state index >= 15 is 0 Å². The largest absolute Gasteiger partial charge is 0.494 e. The first-order chi connectivity index (χ1) is 15.7. The summed E-state index contributed by atoms with van der Waals surface area (Å²) in [5, 5.41) is 6.93. The van der Waals surface area contributed by atoms with E-state index in [-0.39, 0.29) is 5.91 Å². The minimum Gasteiger partial charge on any atom is -0.494 e. The molecule has 32 heavy (non-hydrogen) atoms. The summed E-state index contributed by atoms with van der Waals surface area (Å²) in [5.41, 5.74) is 3.17. The molecule has 8 nitrogen and oxygen atoms in total. The molecule has 2 aromatic carbocycles. The molecular formula is C24H23N5O3. The van der Waals surface area contributed by atoms with Gasteiger partial charge in [-0.2, -0.15) is 0 Å². The SMILES string of the molecule is CCC(=O)Nc1cc2c(Nc3ccc(OCc4ccncc4)cc3)ncnc2cc1OC. The molecule has 4 aromatic rings. The van der Waals surface area contributed by atoms with Crippen LogP contribution in [0.3, 0.4) is 0 Å². The Morgan fingerprint density at radius 2 is 1.81 bits per heavy atom. The topological polar surface area (TPSA) is 98.3 Å². The quantitative estimate of drug-likeness (QED) is 0.419. The van der Waals surface area contributed by atoms with Gasteiger partial charge in [0.05, 0.1) is 18.3 Å². The maximum absolute atomic E-state index is 11.9. The van der Waals surface area contributed by atoms with E-state index in [9.17, 15) is 4.79 Å². The monoisotopic (exact) mass is 429 g/mol. The molecule has 0 radical (unpaired) electrons. The molecule has 162 valence electrons. The number of rotatable bonds is 8. The average molecular weight is 429 g/mol. The minimum absolute atomic E-state index is 0.101. The Morgan fingerprint density at radius 3 is 2.53 bits per heavy atom. The Morgan fingerprint density at radius 1 is 1.03 bits per heavy atom. The molecule has 0 spiro atoms. The molecule has 2 heterocycles. The minimum atomic E-state index is -0.101. The van der Waals surface area contributed by atoms with Crippen molar-refractivity contribution in [1.82, 2.24) is 15.0 Å². The molecule has 0 atom stereocenters. The first kappa shape index (κ1) is 21.0. The lowest BCUT2D eigenvalue weighted by Crippen LogP contribution is -2.10. The lowest BCUT2D eigenvalue weighted by atomic mass is 10.1. The van der Waals surface area contributed by atoms with Gasteiger partial charge in [0.15, 0.2) is 0 Å². The molecule has 0 bridgehead atoms. The number of amides is 1. The van der Waals surface area contributed by atoms with E-state index in [2.05, 4.69) is 25.6 Å². The van der Waals surface area contributed by atoms with Crippen LogP contribution in [0.15, 0.2) is 67.3 Å². The number of methoxy groups -OCH3 is 1. The van der Waals surface area contributed by atoms with E-state index < -0.39 is 0 Å². The first-order valence-corrected chi connectivity index (χ1v) is 10.2. The van der Waals surface area contributed by atoms with Crippen molar-refractivity contribution in [2.75, 3.05) is 17.7 Å². The van der Waals surface area contributed by atoms with E-state index in [0.717, 1.165) is 22.4 Å². The summed E-state index contributed by atoms with van der Waals surface area (Å²) in [6.45, 7) is 2.27. The van der Waals surface area contributed by atoms with Gasteiger partial charge in [-0.1, -0.05) is 6.92 Å². The van der Waals surface area contributed by atoms with Crippen molar-refractivity contribution in [3.8, 4) is 11.5 Å². The van der Waals surface area contributed by atoms with Crippen molar-refractivity contribution >= 4 is 34.0 Å². The molecule has 8 heteroatoms. The van der Waals surface area contributed by atoms with Gasteiger partial charge in [0.25, 0.3) is 0 Å². The molecule has 0 fully saturated rings. The third-order valence-corrected chi connectivity index (χ3v) is 4.82. The van der Waals surface area contributed by atoms with Crippen LogP contribution in [-0.4, -0.2) is 28.0 Å². The maximum Gasteiger partial charge on any atom is 0.224 e. The summed E-state index contributed by atoms with van der Waals surface area (Å²) in [6, 6.07) is 15.0. The number of aromatic nitrogens is 3. The van der Waals surface area contributed by atoms with Crippen LogP contribution < -0.4 is 20.1 Å². The fourth-order valence-corrected chi connectivity index (χ4v) is 3.11. The van der Waals surface area contributed by atoms with Gasteiger partial charge in [0, 0.05) is 36.0 Å². The molecule has 0 aliphatic carbocycles. The third-order valence-electron chi connectivity index (χ3n) is 4.82. The van der Waals surface area contributed by atoms with Crippen molar-refractivity contribution in [2.45, 2.75) is 20.0 Å². The predicted molar refractivity (Wildman–Crippen MR) is 123 cm³/mol. The molecule has 0 aliphatic rings. The second kappa shape index (κ2) is 9.74. The maximum atomic E-state index is 11.9. The summed E-state index contributed by atoms with van der Waals surface area (Å²) < 4.78 is 11.2. The van der Waals surface area contributed by atoms with Gasteiger partial charge in [0.2, 0.25) is 5.91 Å². The van der Waals surface area contributed by atoms with Gasteiger partial charge in [-0.25, -0.2) is 9.97 Å². The standard InChI is InChI=1S/C24H23N5O3/c1-3-23(30)29-21-12-19-20(13-22(21)31-2)26-15-27-24(19)28-17-4-6-18(7-5-17)32-14-16-8-10-25-11-9-16/h4-13,15H,3,14H2,1-2H3,(H,29,30)(H,26,27,28). The molecule has 0 saturated heterocycles. The highest BCUT2D eigenvalue weighted by molar-refractivity contribution is 5.99. The number of fused-ring (bicyclic) bond motifs is 1. The highest BCUT2D eigenvalue weighted by Gasteiger charge is 2.12. The number of anilines is 3. The molecule has 0 aliphatic heterocycles. The van der Waals surface area contributed by atoms with Crippen molar-refractivity contribution in [1.29, 1.82) is 0 Å². The fourth-order valence-electron chi connectivity index (χ4n) is 3.11. The molecule has 1 amide bonds. The van der Waals surface area contributed by atoms with Crippen LogP contribution in [-0.2, 0) is 11.4 Å². The summed E-state index contributed by atoms with van der Waals surface area (Å²) in [6.07, 6.45) is 5.34. The highest BCUT2D eigenvalue weighted by atomic mass is 16.5. The van der Waals surface area contributed by atoms with Crippen LogP contribution in [0, 0.1) is 0 Å². The van der Waals surface area contributed by atoms with Gasteiger partial charge in [-0.05, 0) is 48.0 Å². The second-order valence-electron chi connectivity index (χ2n) is 6.99. The van der Waals surface area contributed by atoms with Crippen molar-refractivity contribution in [2.24, 2.45) is 0 Å². The van der Waals surface area contributed by atoms with Gasteiger partial charge in [-0.3, -0.25) is 9.78 Å². The number of carbonyl (C=O) groups excluding carboxylic acids is 1. The number of ether oxygens (including phenoxy) is 2. The number of carbonyl (C=O) groups is 1. The van der Waals surface area contributed by atoms with E-state index in [4.69, 9.17) is 9.47 Å². The summed E-state index contributed by atoms with van der Waals surface area (Å²) in [5.74, 6) is 1.82. The van der Waals surface area contributed by atoms with Crippen molar-refractivity contribution in [3.63, 3.8) is 0 Å². The van der Waals surface area contributed by atoms with E-state index in [0.29, 0.717) is 35.8 Å². The van der Waals surface area contributed by atoms with Crippen LogP contribution in [0.25, 0.3) is 10.9 Å². The molecule has 0 saturated carbocycles. The number of nitrogens with zero attached hydrogens (tertiary/aromatic N) is 3. The fraction of sp³-hybridized carbons (Fsp3) is 0.167.